The number of benzene rings is 10. The van der Waals surface area contributed by atoms with Crippen molar-refractivity contribution in [3.05, 3.63) is 218 Å². The van der Waals surface area contributed by atoms with E-state index in [9.17, 15) is 0 Å². The molecule has 56 heavy (non-hydrogen) atoms. The first kappa shape index (κ1) is 32.0. The largest absolute Gasteiger partial charge is 0.310 e. The number of para-hydroxylation sites is 2. The Labute approximate surface area is 325 Å². The molecule has 0 unspecified atom stereocenters. The Balaban J connectivity index is 1.17. The van der Waals surface area contributed by atoms with Gasteiger partial charge in [0.25, 0.3) is 0 Å². The smallest absolute Gasteiger partial charge is 0.0553 e. The summed E-state index contributed by atoms with van der Waals surface area (Å²) in [7, 11) is 0. The second-order valence-electron chi connectivity index (χ2n) is 14.5. The van der Waals surface area contributed by atoms with Crippen LogP contribution in [0.3, 0.4) is 0 Å². The molecule has 0 saturated heterocycles. The van der Waals surface area contributed by atoms with Crippen LogP contribution in [-0.4, -0.2) is 4.57 Å². The van der Waals surface area contributed by atoms with Crippen molar-refractivity contribution in [3.63, 3.8) is 0 Å². The SMILES string of the molecule is c1ccc(-c2cccc(N(c3cccc(-c4c5ccccc5cc5c4c4ccccc4n5-c4ccccc4)c3)c3ccc4c(ccc5ccccc54)c3)c2)cc1. The van der Waals surface area contributed by atoms with E-state index in [1.165, 1.54) is 76.4 Å². The van der Waals surface area contributed by atoms with E-state index in [2.05, 4.69) is 228 Å². The third-order valence-corrected chi connectivity index (χ3v) is 11.3. The first-order valence-electron chi connectivity index (χ1n) is 19.3. The molecule has 1 aromatic heterocycles. The van der Waals surface area contributed by atoms with Gasteiger partial charge in [-0.15, -0.1) is 0 Å². The van der Waals surface area contributed by atoms with Crippen LogP contribution in [0, 0.1) is 0 Å². The Kier molecular flexibility index (Phi) is 7.53. The van der Waals surface area contributed by atoms with Crippen LogP contribution >= 0.6 is 0 Å². The van der Waals surface area contributed by atoms with Crippen molar-refractivity contribution in [1.82, 2.24) is 4.57 Å². The minimum absolute atomic E-state index is 1.10. The van der Waals surface area contributed by atoms with Gasteiger partial charge in [-0.2, -0.15) is 0 Å². The maximum absolute atomic E-state index is 2.42. The van der Waals surface area contributed by atoms with E-state index in [0.717, 1.165) is 22.7 Å². The van der Waals surface area contributed by atoms with Gasteiger partial charge >= 0.3 is 0 Å². The standard InChI is InChI=1S/C54H36N2/c1-3-15-37(16-4-1)39-19-13-23-44(33-39)55(46-31-32-48-41(34-46)30-29-38-17-7-9-25-47(38)48)45-24-14-20-42(35-45)53-49-26-10-8-18-40(49)36-52-54(53)50-27-11-12-28-51(50)56(52)43-21-5-2-6-22-43/h1-36H. The molecular weight excluding hydrogens is 677 g/mol. The second kappa shape index (κ2) is 13.2. The predicted molar refractivity (Wildman–Crippen MR) is 239 cm³/mol. The second-order valence-corrected chi connectivity index (χ2v) is 14.5. The lowest BCUT2D eigenvalue weighted by molar-refractivity contribution is 1.18. The summed E-state index contributed by atoms with van der Waals surface area (Å²) < 4.78 is 2.42. The molecule has 1 heterocycles. The molecule has 262 valence electrons. The van der Waals surface area contributed by atoms with Crippen molar-refractivity contribution in [3.8, 4) is 27.9 Å². The number of rotatable bonds is 6. The number of hydrogen-bond acceptors (Lipinski definition) is 1. The molecule has 0 bridgehead atoms. The van der Waals surface area contributed by atoms with Crippen molar-refractivity contribution in [2.75, 3.05) is 4.90 Å². The van der Waals surface area contributed by atoms with Crippen LogP contribution in [0.1, 0.15) is 0 Å². The summed E-state index contributed by atoms with van der Waals surface area (Å²) in [6.45, 7) is 0. The van der Waals surface area contributed by atoms with Crippen LogP contribution in [0.5, 0.6) is 0 Å². The van der Waals surface area contributed by atoms with Crippen molar-refractivity contribution >= 4 is 71.2 Å². The summed E-state index contributed by atoms with van der Waals surface area (Å²) in [6.07, 6.45) is 0. The third-order valence-electron chi connectivity index (χ3n) is 11.3. The van der Waals surface area contributed by atoms with Crippen molar-refractivity contribution in [2.24, 2.45) is 0 Å². The van der Waals surface area contributed by atoms with Crippen molar-refractivity contribution in [1.29, 1.82) is 0 Å². The summed E-state index contributed by atoms with van der Waals surface area (Å²) in [4.78, 5) is 2.42. The van der Waals surface area contributed by atoms with Gasteiger partial charge in [-0.05, 0) is 115 Å². The Morgan fingerprint density at radius 1 is 0.304 bits per heavy atom. The highest BCUT2D eigenvalue weighted by molar-refractivity contribution is 6.23. The van der Waals surface area contributed by atoms with E-state index in [0.29, 0.717) is 0 Å². The molecule has 2 heteroatoms. The molecule has 0 amide bonds. The minimum atomic E-state index is 1.10. The molecule has 10 aromatic carbocycles. The Morgan fingerprint density at radius 2 is 0.857 bits per heavy atom. The van der Waals surface area contributed by atoms with Crippen molar-refractivity contribution < 1.29 is 0 Å². The topological polar surface area (TPSA) is 8.17 Å². The average Bonchev–Trinajstić information content (AvgIpc) is 3.60. The molecule has 0 saturated carbocycles. The zero-order valence-corrected chi connectivity index (χ0v) is 30.7. The molecule has 11 rings (SSSR count). The molecule has 2 nitrogen and oxygen atoms in total. The summed E-state index contributed by atoms with van der Waals surface area (Å²) in [5.74, 6) is 0. The van der Waals surface area contributed by atoms with Gasteiger partial charge in [0, 0.05) is 33.5 Å². The summed E-state index contributed by atoms with van der Waals surface area (Å²) in [6, 6.07) is 79.5. The molecule has 11 aromatic rings. The van der Waals surface area contributed by atoms with E-state index in [-0.39, 0.29) is 0 Å². The molecular formula is C54H36N2. The molecule has 0 spiro atoms. The van der Waals surface area contributed by atoms with Crippen LogP contribution in [0.4, 0.5) is 17.1 Å². The normalized spacial score (nSPS) is 11.6. The molecule has 0 radical (unpaired) electrons. The molecule has 0 N–H and O–H groups in total. The molecule has 0 fully saturated rings. The highest BCUT2D eigenvalue weighted by atomic mass is 15.1. The van der Waals surface area contributed by atoms with E-state index in [4.69, 9.17) is 0 Å². The lowest BCUT2D eigenvalue weighted by Crippen LogP contribution is -2.10. The quantitative estimate of drug-likeness (QED) is 0.156. The summed E-state index contributed by atoms with van der Waals surface area (Å²) in [5.41, 5.74) is 11.7. The van der Waals surface area contributed by atoms with E-state index < -0.39 is 0 Å². The highest BCUT2D eigenvalue weighted by Crippen LogP contribution is 2.45. The maximum atomic E-state index is 2.42. The number of aromatic nitrogens is 1. The Morgan fingerprint density at radius 3 is 1.66 bits per heavy atom. The molecule has 0 atom stereocenters. The van der Waals surface area contributed by atoms with Gasteiger partial charge in [0.2, 0.25) is 0 Å². The number of nitrogens with zero attached hydrogens (tertiary/aromatic N) is 2. The van der Waals surface area contributed by atoms with Gasteiger partial charge < -0.3 is 9.47 Å². The number of hydrogen-bond donors (Lipinski definition) is 0. The van der Waals surface area contributed by atoms with E-state index in [1.807, 2.05) is 0 Å². The van der Waals surface area contributed by atoms with Gasteiger partial charge in [0.1, 0.15) is 0 Å². The molecule has 0 aliphatic carbocycles. The minimum Gasteiger partial charge on any atom is -0.310 e. The zero-order valence-electron chi connectivity index (χ0n) is 30.7. The van der Waals surface area contributed by atoms with Crippen molar-refractivity contribution in [2.45, 2.75) is 0 Å². The van der Waals surface area contributed by atoms with E-state index in [1.54, 1.807) is 0 Å². The van der Waals surface area contributed by atoms with Crippen LogP contribution in [0.25, 0.3) is 82.1 Å². The zero-order chi connectivity index (χ0) is 37.0. The Bertz CT molecular complexity index is 3250. The fourth-order valence-corrected chi connectivity index (χ4v) is 8.79. The predicted octanol–water partition coefficient (Wildman–Crippen LogP) is 15.0. The third kappa shape index (κ3) is 5.26. The first-order valence-corrected chi connectivity index (χ1v) is 19.3. The average molecular weight is 713 g/mol. The first-order chi connectivity index (χ1) is 27.8. The summed E-state index contributed by atoms with van der Waals surface area (Å²) >= 11 is 0. The van der Waals surface area contributed by atoms with Gasteiger partial charge in [-0.3, -0.25) is 0 Å². The van der Waals surface area contributed by atoms with Crippen LogP contribution < -0.4 is 4.90 Å². The van der Waals surface area contributed by atoms with Crippen LogP contribution in [-0.2, 0) is 0 Å². The van der Waals surface area contributed by atoms with Crippen LogP contribution in [0.2, 0.25) is 0 Å². The molecule has 0 aliphatic heterocycles. The fourth-order valence-electron chi connectivity index (χ4n) is 8.79. The lowest BCUT2D eigenvalue weighted by atomic mass is 9.92. The van der Waals surface area contributed by atoms with Gasteiger partial charge in [0.15, 0.2) is 0 Å². The summed E-state index contributed by atoms with van der Waals surface area (Å²) in [5, 5.41) is 9.95. The Hall–Kier alpha value is -7.42. The maximum Gasteiger partial charge on any atom is 0.0553 e. The number of fused-ring (bicyclic) bond motifs is 7. The molecule has 0 aliphatic rings. The van der Waals surface area contributed by atoms with E-state index >= 15 is 0 Å². The van der Waals surface area contributed by atoms with Crippen LogP contribution in [0.15, 0.2) is 218 Å². The fraction of sp³-hybridized carbons (Fsp3) is 0. The monoisotopic (exact) mass is 712 g/mol. The van der Waals surface area contributed by atoms with Gasteiger partial charge in [0.05, 0.1) is 11.0 Å². The lowest BCUT2D eigenvalue weighted by Gasteiger charge is -2.27. The van der Waals surface area contributed by atoms with Gasteiger partial charge in [-0.1, -0.05) is 158 Å². The number of anilines is 3. The van der Waals surface area contributed by atoms with Gasteiger partial charge in [-0.25, -0.2) is 0 Å². The highest BCUT2D eigenvalue weighted by Gasteiger charge is 2.21.